The monoisotopic (exact) mass is 288 g/mol. The highest BCUT2D eigenvalue weighted by Gasteiger charge is 2.07. The van der Waals surface area contributed by atoms with Crippen molar-refractivity contribution in [2.24, 2.45) is 0 Å². The third-order valence-electron chi connectivity index (χ3n) is 3.44. The summed E-state index contributed by atoms with van der Waals surface area (Å²) in [6, 6.07) is 9.51. The lowest BCUT2D eigenvalue weighted by Crippen LogP contribution is -2.07. The molecule has 0 spiro atoms. The van der Waals surface area contributed by atoms with Crippen LogP contribution in [-0.4, -0.2) is 11.5 Å². The highest BCUT2D eigenvalue weighted by molar-refractivity contribution is 5.55. The molecule has 21 heavy (non-hydrogen) atoms. The van der Waals surface area contributed by atoms with Gasteiger partial charge in [0.2, 0.25) is 0 Å². The van der Waals surface area contributed by atoms with Crippen LogP contribution >= 0.6 is 0 Å². The summed E-state index contributed by atoms with van der Waals surface area (Å²) >= 11 is 0. The molecule has 0 heterocycles. The van der Waals surface area contributed by atoms with Gasteiger partial charge in [-0.3, -0.25) is 10.1 Å². The molecule has 4 nitrogen and oxygen atoms in total. The van der Waals surface area contributed by atoms with E-state index in [4.69, 9.17) is 0 Å². The fraction of sp³-hybridized carbons (Fsp3) is 0.250. The predicted molar refractivity (Wildman–Crippen MR) is 81.2 cm³/mol. The van der Waals surface area contributed by atoms with Crippen molar-refractivity contribution in [2.45, 2.75) is 20.3 Å². The first-order valence-corrected chi connectivity index (χ1v) is 6.71. The zero-order chi connectivity index (χ0) is 15.4. The van der Waals surface area contributed by atoms with E-state index >= 15 is 0 Å². The summed E-state index contributed by atoms with van der Waals surface area (Å²) < 4.78 is 13.0. The van der Waals surface area contributed by atoms with E-state index in [1.807, 2.05) is 13.8 Å². The van der Waals surface area contributed by atoms with Crippen molar-refractivity contribution in [2.75, 3.05) is 11.9 Å². The van der Waals surface area contributed by atoms with E-state index in [1.165, 1.54) is 18.2 Å². The number of aryl methyl sites for hydroxylation is 2. The smallest absolute Gasteiger partial charge is 0.269 e. The fourth-order valence-electron chi connectivity index (χ4n) is 2.23. The quantitative estimate of drug-likeness (QED) is 0.668. The Kier molecular flexibility index (Phi) is 4.52. The van der Waals surface area contributed by atoms with Crippen molar-refractivity contribution in [3.8, 4) is 0 Å². The lowest BCUT2D eigenvalue weighted by molar-refractivity contribution is -0.384. The zero-order valence-electron chi connectivity index (χ0n) is 12.0. The van der Waals surface area contributed by atoms with Crippen molar-refractivity contribution in [1.29, 1.82) is 0 Å². The second-order valence-electron chi connectivity index (χ2n) is 5.00. The molecule has 110 valence electrons. The van der Waals surface area contributed by atoms with Gasteiger partial charge in [0.05, 0.1) is 4.92 Å². The number of benzene rings is 2. The molecule has 0 fully saturated rings. The highest BCUT2D eigenvalue weighted by atomic mass is 19.1. The summed E-state index contributed by atoms with van der Waals surface area (Å²) in [5.41, 5.74) is 3.81. The van der Waals surface area contributed by atoms with Crippen molar-refractivity contribution in [1.82, 2.24) is 0 Å². The number of anilines is 1. The second-order valence-corrected chi connectivity index (χ2v) is 5.00. The number of non-ortho nitro benzene ring substituents is 1. The van der Waals surface area contributed by atoms with E-state index in [0.717, 1.165) is 28.8 Å². The maximum absolute atomic E-state index is 13.0. The minimum absolute atomic E-state index is 0.0902. The molecule has 0 saturated heterocycles. The van der Waals surface area contributed by atoms with Crippen LogP contribution in [0.3, 0.4) is 0 Å². The lowest BCUT2D eigenvalue weighted by Gasteiger charge is -2.10. The van der Waals surface area contributed by atoms with Crippen LogP contribution in [0.4, 0.5) is 15.8 Å². The van der Waals surface area contributed by atoms with Gasteiger partial charge in [-0.1, -0.05) is 6.07 Å². The Morgan fingerprint density at radius 1 is 1.14 bits per heavy atom. The van der Waals surface area contributed by atoms with Crippen LogP contribution < -0.4 is 5.32 Å². The number of nitrogens with zero attached hydrogens (tertiary/aromatic N) is 1. The number of halogens is 1. The minimum atomic E-state index is -0.404. The second kappa shape index (κ2) is 6.35. The summed E-state index contributed by atoms with van der Waals surface area (Å²) in [6.45, 7) is 4.40. The van der Waals surface area contributed by atoms with Gasteiger partial charge in [0.25, 0.3) is 5.69 Å². The standard InChI is InChI=1S/C16H17FN2O2/c1-11-9-14(17)4-3-13(11)7-8-18-16-6-5-15(19(20)21)10-12(16)2/h3-6,9-10,18H,7-8H2,1-2H3. The minimum Gasteiger partial charge on any atom is -0.384 e. The highest BCUT2D eigenvalue weighted by Crippen LogP contribution is 2.21. The maximum atomic E-state index is 13.0. The third-order valence-corrected chi connectivity index (χ3v) is 3.44. The van der Waals surface area contributed by atoms with Crippen molar-refractivity contribution in [3.05, 3.63) is 69.0 Å². The molecule has 1 N–H and O–H groups in total. The van der Waals surface area contributed by atoms with E-state index in [1.54, 1.807) is 18.2 Å². The average molecular weight is 288 g/mol. The molecule has 0 saturated carbocycles. The van der Waals surface area contributed by atoms with Crippen molar-refractivity contribution in [3.63, 3.8) is 0 Å². The Morgan fingerprint density at radius 2 is 1.90 bits per heavy atom. The first-order valence-electron chi connectivity index (χ1n) is 6.71. The number of nitro benzene ring substituents is 1. The molecule has 0 atom stereocenters. The van der Waals surface area contributed by atoms with Crippen LogP contribution in [0, 0.1) is 29.8 Å². The van der Waals surface area contributed by atoms with Crippen LogP contribution in [0.25, 0.3) is 0 Å². The number of nitro groups is 1. The molecular formula is C16H17FN2O2. The van der Waals surface area contributed by atoms with Gasteiger partial charge in [-0.05, 0) is 55.2 Å². The van der Waals surface area contributed by atoms with E-state index in [-0.39, 0.29) is 11.5 Å². The summed E-state index contributed by atoms with van der Waals surface area (Å²) in [7, 11) is 0. The third kappa shape index (κ3) is 3.78. The number of hydrogen-bond donors (Lipinski definition) is 1. The summed E-state index contributed by atoms with van der Waals surface area (Å²) in [5, 5.41) is 13.9. The van der Waals surface area contributed by atoms with Gasteiger partial charge in [-0.25, -0.2) is 4.39 Å². The van der Waals surface area contributed by atoms with Gasteiger partial charge >= 0.3 is 0 Å². The van der Waals surface area contributed by atoms with E-state index < -0.39 is 4.92 Å². The fourth-order valence-corrected chi connectivity index (χ4v) is 2.23. The first kappa shape index (κ1) is 15.0. The Bertz CT molecular complexity index is 671. The SMILES string of the molecule is Cc1cc(F)ccc1CCNc1ccc([N+](=O)[O-])cc1C. The Balaban J connectivity index is 1.99. The van der Waals surface area contributed by atoms with Gasteiger partial charge in [0.15, 0.2) is 0 Å². The largest absolute Gasteiger partial charge is 0.384 e. The summed E-state index contributed by atoms with van der Waals surface area (Å²) in [4.78, 5) is 10.3. The predicted octanol–water partition coefficient (Wildman–Crippen LogP) is 4.01. The van der Waals surface area contributed by atoms with Crippen LogP contribution in [-0.2, 0) is 6.42 Å². The van der Waals surface area contributed by atoms with Gasteiger partial charge in [0.1, 0.15) is 5.82 Å². The zero-order valence-corrected chi connectivity index (χ0v) is 12.0. The first-order chi connectivity index (χ1) is 9.97. The van der Waals surface area contributed by atoms with Gasteiger partial charge in [0, 0.05) is 24.4 Å². The Labute approximate surface area is 122 Å². The molecule has 0 aliphatic rings. The maximum Gasteiger partial charge on any atom is 0.269 e. The molecule has 2 aromatic rings. The molecule has 2 aromatic carbocycles. The van der Waals surface area contributed by atoms with Crippen molar-refractivity contribution < 1.29 is 9.31 Å². The van der Waals surface area contributed by atoms with Gasteiger partial charge < -0.3 is 5.32 Å². The van der Waals surface area contributed by atoms with E-state index in [9.17, 15) is 14.5 Å². The number of nitrogens with one attached hydrogen (secondary N) is 1. The molecule has 0 unspecified atom stereocenters. The van der Waals surface area contributed by atoms with Crippen LogP contribution in [0.5, 0.6) is 0 Å². The molecule has 0 aliphatic heterocycles. The Hall–Kier alpha value is -2.43. The van der Waals surface area contributed by atoms with Gasteiger partial charge in [-0.2, -0.15) is 0 Å². The molecular weight excluding hydrogens is 271 g/mol. The molecule has 5 heteroatoms. The normalized spacial score (nSPS) is 10.4. The number of rotatable bonds is 5. The molecule has 0 radical (unpaired) electrons. The average Bonchev–Trinajstić information content (AvgIpc) is 2.42. The topological polar surface area (TPSA) is 55.2 Å². The van der Waals surface area contributed by atoms with Crippen LogP contribution in [0.1, 0.15) is 16.7 Å². The van der Waals surface area contributed by atoms with E-state index in [0.29, 0.717) is 6.54 Å². The molecule has 0 bridgehead atoms. The number of hydrogen-bond acceptors (Lipinski definition) is 3. The molecule has 0 aromatic heterocycles. The molecule has 0 aliphatic carbocycles. The van der Waals surface area contributed by atoms with Crippen LogP contribution in [0.2, 0.25) is 0 Å². The Morgan fingerprint density at radius 3 is 2.52 bits per heavy atom. The summed E-state index contributed by atoms with van der Waals surface area (Å²) in [5.74, 6) is -0.226. The lowest BCUT2D eigenvalue weighted by atomic mass is 10.1. The van der Waals surface area contributed by atoms with Crippen LogP contribution in [0.15, 0.2) is 36.4 Å². The van der Waals surface area contributed by atoms with Gasteiger partial charge in [-0.15, -0.1) is 0 Å². The van der Waals surface area contributed by atoms with E-state index in [2.05, 4.69) is 5.32 Å². The van der Waals surface area contributed by atoms with Crippen molar-refractivity contribution >= 4 is 11.4 Å². The summed E-state index contributed by atoms with van der Waals surface area (Å²) in [6.07, 6.45) is 0.766. The molecule has 2 rings (SSSR count). The molecule has 0 amide bonds.